The van der Waals surface area contributed by atoms with Gasteiger partial charge in [0, 0.05) is 37.3 Å². The predicted octanol–water partition coefficient (Wildman–Crippen LogP) is 3.70. The van der Waals surface area contributed by atoms with Crippen LogP contribution in [0.5, 0.6) is 0 Å². The van der Waals surface area contributed by atoms with Crippen molar-refractivity contribution in [2.75, 3.05) is 13.1 Å². The highest BCUT2D eigenvalue weighted by Crippen LogP contribution is 2.30. The first-order valence-electron chi connectivity index (χ1n) is 9.42. The normalized spacial score (nSPS) is 19.4. The van der Waals surface area contributed by atoms with Crippen LogP contribution in [0, 0.1) is 5.92 Å². The van der Waals surface area contributed by atoms with E-state index >= 15 is 0 Å². The van der Waals surface area contributed by atoms with Gasteiger partial charge in [0.2, 0.25) is 5.91 Å². The second-order valence-electron chi connectivity index (χ2n) is 7.22. The Bertz CT molecular complexity index is 943. The van der Waals surface area contributed by atoms with Gasteiger partial charge < -0.3 is 10.6 Å². The van der Waals surface area contributed by atoms with Crippen LogP contribution in [-0.2, 0) is 11.8 Å². The Kier molecular flexibility index (Phi) is 6.96. The minimum Gasteiger partial charge on any atom is -0.345 e. The van der Waals surface area contributed by atoms with Crippen molar-refractivity contribution in [2.45, 2.75) is 12.0 Å². The first-order chi connectivity index (χ1) is 13.6. The zero-order valence-corrected chi connectivity index (χ0v) is 17.7. The fourth-order valence-electron chi connectivity index (χ4n) is 3.85. The summed E-state index contributed by atoms with van der Waals surface area (Å²) in [6.07, 6.45) is 3.84. The van der Waals surface area contributed by atoms with E-state index in [1.165, 1.54) is 0 Å². The number of carbonyl (C=O) groups excluding carboxylic acids is 1. The van der Waals surface area contributed by atoms with Gasteiger partial charge in [0.15, 0.2) is 0 Å². The van der Waals surface area contributed by atoms with Crippen LogP contribution in [0.15, 0.2) is 67.0 Å². The first-order valence-corrected chi connectivity index (χ1v) is 9.79. The van der Waals surface area contributed by atoms with E-state index in [9.17, 15) is 4.79 Å². The standard InChI is InChI=1S/C22H23ClN4O.ClH/c1-27-14-17(11-25-27)19-12-24-13-20(19)22(28)26-21(15-5-3-2-4-6-15)16-7-9-18(23)10-8-16;/h2-11,14,19-21,24H,12-13H2,1H3,(H,26,28);1H/t19-,20+,21?;/m1./s1. The maximum absolute atomic E-state index is 13.3. The molecule has 0 aliphatic carbocycles. The van der Waals surface area contributed by atoms with Crippen molar-refractivity contribution in [3.8, 4) is 0 Å². The first kappa shape index (κ1) is 21.4. The Morgan fingerprint density at radius 3 is 2.48 bits per heavy atom. The molecule has 0 spiro atoms. The smallest absolute Gasteiger partial charge is 0.225 e. The van der Waals surface area contributed by atoms with Gasteiger partial charge in [-0.3, -0.25) is 9.48 Å². The summed E-state index contributed by atoms with van der Waals surface area (Å²) < 4.78 is 1.78. The van der Waals surface area contributed by atoms with Crippen molar-refractivity contribution in [1.82, 2.24) is 20.4 Å². The zero-order chi connectivity index (χ0) is 19.5. The fourth-order valence-corrected chi connectivity index (χ4v) is 3.97. The molecule has 1 aliphatic heterocycles. The topological polar surface area (TPSA) is 59.0 Å². The van der Waals surface area contributed by atoms with Crippen molar-refractivity contribution in [2.24, 2.45) is 13.0 Å². The van der Waals surface area contributed by atoms with Crippen molar-refractivity contribution in [1.29, 1.82) is 0 Å². The molecule has 4 rings (SSSR count). The molecule has 2 heterocycles. The third kappa shape index (κ3) is 4.81. The largest absolute Gasteiger partial charge is 0.345 e. The van der Waals surface area contributed by atoms with E-state index in [0.717, 1.165) is 23.2 Å². The van der Waals surface area contributed by atoms with Crippen LogP contribution in [0.4, 0.5) is 0 Å². The van der Waals surface area contributed by atoms with Crippen molar-refractivity contribution in [3.63, 3.8) is 0 Å². The van der Waals surface area contributed by atoms with E-state index in [4.69, 9.17) is 11.6 Å². The predicted molar refractivity (Wildman–Crippen MR) is 117 cm³/mol. The van der Waals surface area contributed by atoms with E-state index < -0.39 is 0 Å². The van der Waals surface area contributed by atoms with Crippen LogP contribution in [0.25, 0.3) is 0 Å². The minimum atomic E-state index is -0.221. The van der Waals surface area contributed by atoms with Crippen molar-refractivity contribution < 1.29 is 4.79 Å². The average molecular weight is 431 g/mol. The number of halogens is 2. The van der Waals surface area contributed by atoms with E-state index in [0.29, 0.717) is 11.6 Å². The Morgan fingerprint density at radius 1 is 1.14 bits per heavy atom. The molecule has 2 N–H and O–H groups in total. The molecule has 5 nitrogen and oxygen atoms in total. The molecule has 0 saturated carbocycles. The van der Waals surface area contributed by atoms with E-state index in [1.54, 1.807) is 4.68 Å². The molecule has 3 aromatic rings. The molecule has 1 saturated heterocycles. The Labute approximate surface area is 181 Å². The summed E-state index contributed by atoms with van der Waals surface area (Å²) >= 11 is 6.06. The highest BCUT2D eigenvalue weighted by Gasteiger charge is 2.35. The number of aromatic nitrogens is 2. The lowest BCUT2D eigenvalue weighted by Gasteiger charge is -2.24. The van der Waals surface area contributed by atoms with Gasteiger partial charge >= 0.3 is 0 Å². The summed E-state index contributed by atoms with van der Waals surface area (Å²) in [5.74, 6) is 0.0284. The van der Waals surface area contributed by atoms with E-state index in [-0.39, 0.29) is 36.2 Å². The van der Waals surface area contributed by atoms with Crippen molar-refractivity contribution in [3.05, 3.63) is 88.7 Å². The molecule has 0 bridgehead atoms. The monoisotopic (exact) mass is 430 g/mol. The molecule has 1 fully saturated rings. The quantitative estimate of drug-likeness (QED) is 0.648. The SMILES string of the molecule is Cl.Cn1cc([C@H]2CNC[C@@H]2C(=O)NC(c2ccccc2)c2ccc(Cl)cc2)cn1. The van der Waals surface area contributed by atoms with Crippen LogP contribution in [0.3, 0.4) is 0 Å². The summed E-state index contributed by atoms with van der Waals surface area (Å²) in [6.45, 7) is 1.44. The number of benzene rings is 2. The van der Waals surface area contributed by atoms with Gasteiger partial charge in [-0.2, -0.15) is 5.10 Å². The molecule has 3 atom stereocenters. The summed E-state index contributed by atoms with van der Waals surface area (Å²) in [5.41, 5.74) is 3.14. The summed E-state index contributed by atoms with van der Waals surface area (Å²) in [5, 5.41) is 11.6. The van der Waals surface area contributed by atoms with Crippen LogP contribution in [0.1, 0.15) is 28.7 Å². The van der Waals surface area contributed by atoms with Gasteiger partial charge in [0.05, 0.1) is 18.2 Å². The molecule has 1 aliphatic rings. The fraction of sp³-hybridized carbons (Fsp3) is 0.273. The molecule has 0 radical (unpaired) electrons. The summed E-state index contributed by atoms with van der Waals surface area (Å²) in [4.78, 5) is 13.3. The lowest BCUT2D eigenvalue weighted by Crippen LogP contribution is -2.37. The second-order valence-corrected chi connectivity index (χ2v) is 7.66. The van der Waals surface area contributed by atoms with Gasteiger partial charge in [-0.25, -0.2) is 0 Å². The van der Waals surface area contributed by atoms with Crippen LogP contribution >= 0.6 is 24.0 Å². The number of nitrogens with zero attached hydrogens (tertiary/aromatic N) is 2. The van der Waals surface area contributed by atoms with E-state index in [1.807, 2.05) is 74.0 Å². The molecule has 1 amide bonds. The number of aryl methyl sites for hydroxylation is 1. The van der Waals surface area contributed by atoms with Gasteiger partial charge in [-0.15, -0.1) is 12.4 Å². The lowest BCUT2D eigenvalue weighted by atomic mass is 9.89. The van der Waals surface area contributed by atoms with Gasteiger partial charge in [0.25, 0.3) is 0 Å². The number of carbonyl (C=O) groups is 1. The molecule has 29 heavy (non-hydrogen) atoms. The number of nitrogens with one attached hydrogen (secondary N) is 2. The van der Waals surface area contributed by atoms with Gasteiger partial charge in [-0.1, -0.05) is 54.1 Å². The molecule has 2 aromatic carbocycles. The average Bonchev–Trinajstić information content (AvgIpc) is 3.36. The highest BCUT2D eigenvalue weighted by atomic mass is 35.5. The second kappa shape index (κ2) is 9.44. The number of hydrogen-bond donors (Lipinski definition) is 2. The summed E-state index contributed by atoms with van der Waals surface area (Å²) in [7, 11) is 1.90. The Hall–Kier alpha value is -2.34. The molecule has 1 aromatic heterocycles. The third-order valence-electron chi connectivity index (χ3n) is 5.33. The Morgan fingerprint density at radius 2 is 1.83 bits per heavy atom. The van der Waals surface area contributed by atoms with Crippen molar-refractivity contribution >= 4 is 29.9 Å². The van der Waals surface area contributed by atoms with Gasteiger partial charge in [-0.05, 0) is 28.8 Å². The van der Waals surface area contributed by atoms with Gasteiger partial charge in [0.1, 0.15) is 0 Å². The molecular weight excluding hydrogens is 407 g/mol. The maximum Gasteiger partial charge on any atom is 0.225 e. The highest BCUT2D eigenvalue weighted by molar-refractivity contribution is 6.30. The third-order valence-corrected chi connectivity index (χ3v) is 5.58. The number of rotatable bonds is 5. The van der Waals surface area contributed by atoms with Crippen LogP contribution in [-0.4, -0.2) is 28.8 Å². The lowest BCUT2D eigenvalue weighted by molar-refractivity contribution is -0.125. The summed E-state index contributed by atoms with van der Waals surface area (Å²) in [6, 6.07) is 17.4. The minimum absolute atomic E-state index is 0. The molecule has 1 unspecified atom stereocenters. The van der Waals surface area contributed by atoms with Crippen LogP contribution < -0.4 is 10.6 Å². The Balaban J connectivity index is 0.00000240. The number of amides is 1. The molecular formula is C22H24Cl2N4O. The van der Waals surface area contributed by atoms with E-state index in [2.05, 4.69) is 15.7 Å². The zero-order valence-electron chi connectivity index (χ0n) is 16.1. The van der Waals surface area contributed by atoms with Crippen LogP contribution in [0.2, 0.25) is 5.02 Å². The number of hydrogen-bond acceptors (Lipinski definition) is 3. The molecule has 7 heteroatoms. The molecule has 152 valence electrons. The maximum atomic E-state index is 13.3.